The number of nitrogens with zero attached hydrogens (tertiary/aromatic N) is 3. The molecule has 0 amide bonds. The second-order valence-corrected chi connectivity index (χ2v) is 8.81. The Labute approximate surface area is 161 Å². The van der Waals surface area contributed by atoms with Crippen molar-refractivity contribution in [2.75, 3.05) is 46.0 Å². The zero-order valence-electron chi connectivity index (χ0n) is 15.7. The summed E-state index contributed by atoms with van der Waals surface area (Å²) in [6, 6.07) is 7.49. The average molecular weight is 397 g/mol. The van der Waals surface area contributed by atoms with E-state index in [-0.39, 0.29) is 11.9 Å². The van der Waals surface area contributed by atoms with E-state index in [4.69, 9.17) is 15.2 Å². The van der Waals surface area contributed by atoms with Gasteiger partial charge in [0.2, 0.25) is 10.0 Å². The van der Waals surface area contributed by atoms with Crippen LogP contribution in [0.25, 0.3) is 0 Å². The normalized spacial score (nSPS) is 22.8. The Kier molecular flexibility index (Phi) is 6.69. The van der Waals surface area contributed by atoms with Crippen LogP contribution in [0.15, 0.2) is 29.3 Å². The number of guanidine groups is 1. The summed E-state index contributed by atoms with van der Waals surface area (Å²) >= 11 is 0. The van der Waals surface area contributed by atoms with E-state index in [2.05, 4.69) is 4.99 Å². The fourth-order valence-corrected chi connectivity index (χ4v) is 4.82. The minimum atomic E-state index is -3.38. The summed E-state index contributed by atoms with van der Waals surface area (Å²) in [4.78, 5) is 6.49. The molecule has 2 N–H and O–H groups in total. The zero-order chi connectivity index (χ0) is 19.3. The third-order valence-corrected chi connectivity index (χ3v) is 6.62. The van der Waals surface area contributed by atoms with Crippen LogP contribution < -0.4 is 5.73 Å². The highest BCUT2D eigenvalue weighted by Crippen LogP contribution is 2.17. The van der Waals surface area contributed by atoms with Crippen LogP contribution in [0.2, 0.25) is 0 Å². The predicted octanol–water partition coefficient (Wildman–Crippen LogP) is 0.384. The second-order valence-electron chi connectivity index (χ2n) is 6.84. The van der Waals surface area contributed by atoms with Crippen LogP contribution in [0.3, 0.4) is 0 Å². The summed E-state index contributed by atoms with van der Waals surface area (Å²) in [5.74, 6) is 0.434. The molecular formula is C18H28N4O4S. The van der Waals surface area contributed by atoms with Crippen LogP contribution in [0, 0.1) is 0 Å². The minimum absolute atomic E-state index is 0.0345. The third-order valence-electron chi connectivity index (χ3n) is 4.80. The molecule has 8 nitrogen and oxygen atoms in total. The zero-order valence-corrected chi connectivity index (χ0v) is 16.5. The van der Waals surface area contributed by atoms with Gasteiger partial charge in [-0.3, -0.25) is 0 Å². The standard InChI is InChI=1S/C18H28N4O4S/c1-15-13-21(6-11-26-15)18(19)20-12-16-4-2-3-5-17(16)14-27(23,24)22-7-9-25-10-8-22/h2-5,15H,6-14H2,1H3,(H2,19,20). The number of rotatable bonds is 5. The molecule has 9 heteroatoms. The maximum Gasteiger partial charge on any atom is 0.218 e. The summed E-state index contributed by atoms with van der Waals surface area (Å²) in [6.07, 6.45) is 0.124. The van der Waals surface area contributed by atoms with E-state index in [1.54, 1.807) is 0 Å². The minimum Gasteiger partial charge on any atom is -0.379 e. The number of nitrogens with two attached hydrogens (primary N) is 1. The first-order valence-electron chi connectivity index (χ1n) is 9.24. The van der Waals surface area contributed by atoms with Crippen LogP contribution >= 0.6 is 0 Å². The molecule has 0 aliphatic carbocycles. The van der Waals surface area contributed by atoms with E-state index in [1.165, 1.54) is 4.31 Å². The van der Waals surface area contributed by atoms with Gasteiger partial charge in [-0.2, -0.15) is 4.31 Å². The van der Waals surface area contributed by atoms with Gasteiger partial charge in [-0.1, -0.05) is 24.3 Å². The SMILES string of the molecule is CC1CN(C(N)=NCc2ccccc2CS(=O)(=O)N2CCOCC2)CCO1. The molecule has 0 bridgehead atoms. The molecule has 2 saturated heterocycles. The fraction of sp³-hybridized carbons (Fsp3) is 0.611. The van der Waals surface area contributed by atoms with Crippen molar-refractivity contribution in [2.24, 2.45) is 10.7 Å². The topological polar surface area (TPSA) is 97.5 Å². The first-order chi connectivity index (χ1) is 13.0. The number of hydrogen-bond donors (Lipinski definition) is 1. The average Bonchev–Trinajstić information content (AvgIpc) is 2.67. The van der Waals surface area contributed by atoms with Crippen molar-refractivity contribution in [3.63, 3.8) is 0 Å². The molecule has 0 spiro atoms. The van der Waals surface area contributed by atoms with Crippen LogP contribution in [0.1, 0.15) is 18.1 Å². The first-order valence-corrected chi connectivity index (χ1v) is 10.9. The number of benzene rings is 1. The van der Waals surface area contributed by atoms with Gasteiger partial charge in [0, 0.05) is 26.2 Å². The van der Waals surface area contributed by atoms with Gasteiger partial charge >= 0.3 is 0 Å². The largest absolute Gasteiger partial charge is 0.379 e. The maximum atomic E-state index is 12.7. The van der Waals surface area contributed by atoms with E-state index in [0.29, 0.717) is 58.5 Å². The van der Waals surface area contributed by atoms with E-state index >= 15 is 0 Å². The molecule has 0 aromatic heterocycles. The quantitative estimate of drug-likeness (QED) is 0.571. The van der Waals surface area contributed by atoms with Gasteiger partial charge in [-0.25, -0.2) is 13.4 Å². The van der Waals surface area contributed by atoms with Crippen LogP contribution in [0.4, 0.5) is 0 Å². The molecule has 150 valence electrons. The highest BCUT2D eigenvalue weighted by atomic mass is 32.2. The van der Waals surface area contributed by atoms with E-state index in [9.17, 15) is 8.42 Å². The van der Waals surface area contributed by atoms with Crippen LogP contribution in [-0.2, 0) is 31.8 Å². The van der Waals surface area contributed by atoms with Crippen molar-refractivity contribution in [3.8, 4) is 0 Å². The predicted molar refractivity (Wildman–Crippen MR) is 104 cm³/mol. The monoisotopic (exact) mass is 396 g/mol. The number of aliphatic imine (C=N–C) groups is 1. The molecule has 1 unspecified atom stereocenters. The molecule has 1 aromatic rings. The lowest BCUT2D eigenvalue weighted by Crippen LogP contribution is -2.47. The van der Waals surface area contributed by atoms with Crippen molar-refractivity contribution in [1.29, 1.82) is 0 Å². The molecule has 1 aromatic carbocycles. The number of hydrogen-bond acceptors (Lipinski definition) is 5. The number of sulfonamides is 1. The van der Waals surface area contributed by atoms with Gasteiger partial charge in [0.1, 0.15) is 0 Å². The second kappa shape index (κ2) is 9.01. The van der Waals surface area contributed by atoms with Crippen molar-refractivity contribution >= 4 is 16.0 Å². The Bertz CT molecular complexity index is 762. The summed E-state index contributed by atoms with van der Waals surface area (Å²) in [7, 11) is -3.38. The molecule has 1 atom stereocenters. The summed E-state index contributed by atoms with van der Waals surface area (Å²) in [5.41, 5.74) is 7.77. The van der Waals surface area contributed by atoms with Crippen LogP contribution in [-0.4, -0.2) is 75.7 Å². The van der Waals surface area contributed by atoms with Crippen molar-refractivity contribution in [3.05, 3.63) is 35.4 Å². The summed E-state index contributed by atoms with van der Waals surface area (Å²) < 4.78 is 37.7. The maximum absolute atomic E-state index is 12.7. The van der Waals surface area contributed by atoms with Gasteiger partial charge in [0.15, 0.2) is 5.96 Å². The molecule has 0 saturated carbocycles. The molecule has 27 heavy (non-hydrogen) atoms. The van der Waals surface area contributed by atoms with Crippen LogP contribution in [0.5, 0.6) is 0 Å². The summed E-state index contributed by atoms with van der Waals surface area (Å²) in [5, 5.41) is 0. The molecule has 2 fully saturated rings. The Balaban J connectivity index is 1.69. The first kappa shape index (κ1) is 20.1. The van der Waals surface area contributed by atoms with E-state index < -0.39 is 10.0 Å². The van der Waals surface area contributed by atoms with Crippen molar-refractivity contribution < 1.29 is 17.9 Å². The molecule has 2 aliphatic heterocycles. The van der Waals surface area contributed by atoms with Gasteiger partial charge < -0.3 is 20.1 Å². The van der Waals surface area contributed by atoms with Gasteiger partial charge in [-0.05, 0) is 18.1 Å². The summed E-state index contributed by atoms with van der Waals surface area (Å²) in [6.45, 7) is 6.12. The molecule has 0 radical (unpaired) electrons. The van der Waals surface area contributed by atoms with Crippen molar-refractivity contribution in [2.45, 2.75) is 25.3 Å². The Hall–Kier alpha value is -1.68. The molecule has 2 aliphatic rings. The third kappa shape index (κ3) is 5.41. The lowest BCUT2D eigenvalue weighted by Gasteiger charge is -2.31. The van der Waals surface area contributed by atoms with Gasteiger partial charge in [-0.15, -0.1) is 0 Å². The fourth-order valence-electron chi connectivity index (χ4n) is 3.26. The highest BCUT2D eigenvalue weighted by Gasteiger charge is 2.25. The Morgan fingerprint density at radius 3 is 2.59 bits per heavy atom. The lowest BCUT2D eigenvalue weighted by atomic mass is 10.1. The molecule has 2 heterocycles. The van der Waals surface area contributed by atoms with E-state index in [1.807, 2.05) is 36.1 Å². The van der Waals surface area contributed by atoms with Gasteiger partial charge in [0.25, 0.3) is 0 Å². The molecule has 3 rings (SSSR count). The Morgan fingerprint density at radius 2 is 1.89 bits per heavy atom. The lowest BCUT2D eigenvalue weighted by molar-refractivity contribution is 0.00528. The highest BCUT2D eigenvalue weighted by molar-refractivity contribution is 7.88. The number of ether oxygens (including phenoxy) is 2. The molecular weight excluding hydrogens is 368 g/mol. The van der Waals surface area contributed by atoms with Gasteiger partial charge in [0.05, 0.1) is 38.2 Å². The number of morpholine rings is 2. The van der Waals surface area contributed by atoms with Crippen molar-refractivity contribution in [1.82, 2.24) is 9.21 Å². The Morgan fingerprint density at radius 1 is 1.19 bits per heavy atom. The smallest absolute Gasteiger partial charge is 0.218 e. The van der Waals surface area contributed by atoms with E-state index in [0.717, 1.165) is 11.1 Å².